The number of likely N-dealkylation sites (N-methyl/N-ethyl adjacent to an activating group) is 1. The van der Waals surface area contributed by atoms with Gasteiger partial charge in [0.2, 0.25) is 5.91 Å². The van der Waals surface area contributed by atoms with Crippen LogP contribution in [0, 0.1) is 0 Å². The molecule has 0 aromatic heterocycles. The Labute approximate surface area is 246 Å². The molecule has 0 spiro atoms. The van der Waals surface area contributed by atoms with Crippen molar-refractivity contribution in [3.8, 4) is 17.2 Å². The van der Waals surface area contributed by atoms with E-state index in [4.69, 9.17) is 14.2 Å². The molecule has 42 heavy (non-hydrogen) atoms. The predicted molar refractivity (Wildman–Crippen MR) is 161 cm³/mol. The van der Waals surface area contributed by atoms with Crippen molar-refractivity contribution in [1.82, 2.24) is 4.90 Å². The first-order valence-electron chi connectivity index (χ1n) is 14.3. The summed E-state index contributed by atoms with van der Waals surface area (Å²) >= 11 is 0. The summed E-state index contributed by atoms with van der Waals surface area (Å²) in [5.41, 5.74) is 2.25. The molecule has 0 N–H and O–H groups in total. The maximum atomic E-state index is 13.6. The van der Waals surface area contributed by atoms with Gasteiger partial charge in [-0.25, -0.2) is 0 Å². The van der Waals surface area contributed by atoms with Gasteiger partial charge in [0.25, 0.3) is 5.91 Å². The lowest BCUT2D eigenvalue weighted by molar-refractivity contribution is -0.127. The van der Waals surface area contributed by atoms with Gasteiger partial charge in [0, 0.05) is 42.6 Å². The number of fused-ring (bicyclic) bond motifs is 4. The lowest BCUT2D eigenvalue weighted by Crippen LogP contribution is -2.60. The summed E-state index contributed by atoms with van der Waals surface area (Å²) in [6, 6.07) is 32.6. The molecule has 214 valence electrons. The van der Waals surface area contributed by atoms with Crippen molar-refractivity contribution in [2.75, 3.05) is 25.1 Å². The molecule has 2 heterocycles. The third kappa shape index (κ3) is 5.55. The number of anilines is 1. The van der Waals surface area contributed by atoms with Gasteiger partial charge in [0.15, 0.2) is 17.2 Å². The minimum atomic E-state index is -0.934. The van der Waals surface area contributed by atoms with E-state index in [1.807, 2.05) is 97.9 Å². The van der Waals surface area contributed by atoms with E-state index in [9.17, 15) is 9.59 Å². The van der Waals surface area contributed by atoms with Gasteiger partial charge in [-0.15, -0.1) is 0 Å². The first-order valence-corrected chi connectivity index (χ1v) is 14.3. The van der Waals surface area contributed by atoms with Crippen LogP contribution in [0.1, 0.15) is 47.2 Å². The molecule has 1 saturated heterocycles. The highest BCUT2D eigenvalue weighted by Crippen LogP contribution is 2.52. The van der Waals surface area contributed by atoms with E-state index in [2.05, 4.69) is 0 Å². The van der Waals surface area contributed by atoms with Crippen LogP contribution in [-0.4, -0.2) is 42.6 Å². The van der Waals surface area contributed by atoms with Gasteiger partial charge >= 0.3 is 0 Å². The van der Waals surface area contributed by atoms with Crippen molar-refractivity contribution in [3.05, 3.63) is 120 Å². The number of para-hydroxylation sites is 2. The zero-order valence-corrected chi connectivity index (χ0v) is 23.9. The number of hydrogen-bond acceptors (Lipinski definition) is 5. The van der Waals surface area contributed by atoms with Crippen LogP contribution < -0.4 is 19.1 Å². The molecular weight excluding hydrogens is 528 g/mol. The van der Waals surface area contributed by atoms with E-state index in [0.29, 0.717) is 55.4 Å². The Hall–Kier alpha value is -4.78. The molecule has 0 radical (unpaired) electrons. The average Bonchev–Trinajstić information content (AvgIpc) is 3.00. The van der Waals surface area contributed by atoms with E-state index in [1.165, 1.54) is 0 Å². The molecule has 7 nitrogen and oxygen atoms in total. The third-order valence-corrected chi connectivity index (χ3v) is 7.91. The molecule has 0 saturated carbocycles. The SMILES string of the molecule is CN(CCOc1ccccc1)C(=O)c1cccc(N2C(=O)CC3CC2(C)Oc2c(OCc4ccccc4)cccc23)c1. The molecule has 2 atom stereocenters. The fourth-order valence-corrected chi connectivity index (χ4v) is 5.86. The van der Waals surface area contributed by atoms with Crippen molar-refractivity contribution in [1.29, 1.82) is 0 Å². The first kappa shape index (κ1) is 27.4. The van der Waals surface area contributed by atoms with Crippen molar-refractivity contribution >= 4 is 17.5 Å². The van der Waals surface area contributed by atoms with Crippen molar-refractivity contribution < 1.29 is 23.8 Å². The first-order chi connectivity index (χ1) is 20.4. The van der Waals surface area contributed by atoms with Gasteiger partial charge < -0.3 is 19.1 Å². The van der Waals surface area contributed by atoms with Crippen LogP contribution in [0.2, 0.25) is 0 Å². The fraction of sp³-hybridized carbons (Fsp3) is 0.257. The molecule has 4 aromatic carbocycles. The normalized spacial score (nSPS) is 19.0. The highest BCUT2D eigenvalue weighted by molar-refractivity contribution is 5.99. The van der Waals surface area contributed by atoms with Crippen molar-refractivity contribution in [3.63, 3.8) is 0 Å². The second-order valence-corrected chi connectivity index (χ2v) is 11.0. The van der Waals surface area contributed by atoms with Gasteiger partial charge in [0.1, 0.15) is 19.0 Å². The van der Waals surface area contributed by atoms with E-state index in [1.54, 1.807) is 29.0 Å². The van der Waals surface area contributed by atoms with Crippen LogP contribution in [0.4, 0.5) is 5.69 Å². The highest BCUT2D eigenvalue weighted by Gasteiger charge is 2.50. The molecule has 2 bridgehead atoms. The number of ether oxygens (including phenoxy) is 3. The number of benzene rings is 4. The number of rotatable bonds is 9. The van der Waals surface area contributed by atoms with E-state index in [0.717, 1.165) is 16.9 Å². The second kappa shape index (κ2) is 11.6. The minimum Gasteiger partial charge on any atom is -0.492 e. The summed E-state index contributed by atoms with van der Waals surface area (Å²) in [5.74, 6) is 1.93. The number of hydrogen-bond donors (Lipinski definition) is 0. The van der Waals surface area contributed by atoms with Gasteiger partial charge in [-0.3, -0.25) is 14.5 Å². The fourth-order valence-electron chi connectivity index (χ4n) is 5.86. The Morgan fingerprint density at radius 3 is 2.48 bits per heavy atom. The van der Waals surface area contributed by atoms with Gasteiger partial charge in [-0.05, 0) is 48.9 Å². The van der Waals surface area contributed by atoms with Crippen LogP contribution in [0.15, 0.2) is 103 Å². The van der Waals surface area contributed by atoms with Crippen LogP contribution in [0.25, 0.3) is 0 Å². The van der Waals surface area contributed by atoms with E-state index in [-0.39, 0.29) is 17.7 Å². The molecule has 0 aliphatic carbocycles. The van der Waals surface area contributed by atoms with Crippen LogP contribution in [-0.2, 0) is 11.4 Å². The quantitative estimate of drug-likeness (QED) is 0.235. The monoisotopic (exact) mass is 562 g/mol. The maximum Gasteiger partial charge on any atom is 0.253 e. The van der Waals surface area contributed by atoms with Crippen molar-refractivity contribution in [2.24, 2.45) is 0 Å². The number of carbonyl (C=O) groups is 2. The predicted octanol–water partition coefficient (Wildman–Crippen LogP) is 6.44. The number of carbonyl (C=O) groups excluding carboxylic acids is 2. The zero-order chi connectivity index (χ0) is 29.1. The Morgan fingerprint density at radius 2 is 1.69 bits per heavy atom. The maximum absolute atomic E-state index is 13.6. The second-order valence-electron chi connectivity index (χ2n) is 11.0. The van der Waals surface area contributed by atoms with E-state index < -0.39 is 5.72 Å². The Kier molecular flexibility index (Phi) is 7.57. The summed E-state index contributed by atoms with van der Waals surface area (Å²) in [4.78, 5) is 30.3. The lowest BCUT2D eigenvalue weighted by atomic mass is 9.80. The van der Waals surface area contributed by atoms with Gasteiger partial charge in [0.05, 0.1) is 6.54 Å². The summed E-state index contributed by atoms with van der Waals surface area (Å²) < 4.78 is 18.6. The topological polar surface area (TPSA) is 68.3 Å². The molecule has 7 heteroatoms. The molecule has 2 amide bonds. The van der Waals surface area contributed by atoms with Crippen LogP contribution >= 0.6 is 0 Å². The molecule has 4 aromatic rings. The molecule has 6 rings (SSSR count). The summed E-state index contributed by atoms with van der Waals surface area (Å²) in [7, 11) is 1.75. The number of amides is 2. The summed E-state index contributed by atoms with van der Waals surface area (Å²) in [5, 5.41) is 0. The standard InChI is InChI=1S/C35H34N2O5/c1-35-23-27(30-17-10-18-31(33(30)42-35)41-24-25-11-5-3-6-12-25)22-32(38)37(35)28-14-9-13-26(21-28)34(39)36(2)19-20-40-29-15-7-4-8-16-29/h3-18,21,27H,19-20,22-24H2,1-2H3. The van der Waals surface area contributed by atoms with E-state index >= 15 is 0 Å². The Morgan fingerprint density at radius 1 is 0.952 bits per heavy atom. The van der Waals surface area contributed by atoms with Crippen LogP contribution in [0.5, 0.6) is 17.2 Å². The number of piperidine rings is 1. The smallest absolute Gasteiger partial charge is 0.253 e. The summed E-state index contributed by atoms with van der Waals surface area (Å²) in [6.07, 6.45) is 0.992. The van der Waals surface area contributed by atoms with Crippen molar-refractivity contribution in [2.45, 2.75) is 38.0 Å². The van der Waals surface area contributed by atoms with Gasteiger partial charge in [-0.1, -0.05) is 66.7 Å². The average molecular weight is 563 g/mol. The molecule has 1 fully saturated rings. The Bertz CT molecular complexity index is 1580. The van der Waals surface area contributed by atoms with Gasteiger partial charge in [-0.2, -0.15) is 0 Å². The summed E-state index contributed by atoms with van der Waals surface area (Å²) in [6.45, 7) is 3.15. The largest absolute Gasteiger partial charge is 0.492 e. The lowest BCUT2D eigenvalue weighted by Gasteiger charge is -2.50. The minimum absolute atomic E-state index is 0.0170. The molecule has 2 aliphatic heterocycles. The molecule has 2 unspecified atom stereocenters. The molecular formula is C35H34N2O5. The molecule has 2 aliphatic rings. The Balaban J connectivity index is 1.20. The number of nitrogens with zero attached hydrogens (tertiary/aromatic N) is 2. The highest BCUT2D eigenvalue weighted by atomic mass is 16.5. The zero-order valence-electron chi connectivity index (χ0n) is 23.9. The van der Waals surface area contributed by atoms with Crippen LogP contribution in [0.3, 0.4) is 0 Å². The third-order valence-electron chi connectivity index (χ3n) is 7.91.